The number of carbonyl (C=O) groups excluding carboxylic acids is 1. The van der Waals surface area contributed by atoms with Crippen LogP contribution < -0.4 is 14.1 Å². The minimum atomic E-state index is -3.40. The SMILES string of the molecule is CC(C)CC(=O)N1c2ccc(-c3ccc4c(c3)N(S(C)(=O)=O)CCC4)cc2N(C(=O)O)C[C@@H]1C. The molecule has 8 nitrogen and oxygen atoms in total. The van der Waals surface area contributed by atoms with Gasteiger partial charge in [-0.15, -0.1) is 0 Å². The third-order valence-electron chi connectivity index (χ3n) is 6.39. The highest BCUT2D eigenvalue weighted by Gasteiger charge is 2.35. The molecular weight excluding hydrogens is 454 g/mol. The molecule has 2 aliphatic rings. The van der Waals surface area contributed by atoms with E-state index in [0.29, 0.717) is 30.0 Å². The summed E-state index contributed by atoms with van der Waals surface area (Å²) in [5, 5.41) is 9.87. The Labute approximate surface area is 200 Å². The number of benzene rings is 2. The fraction of sp³-hybridized carbons (Fsp3) is 0.440. The van der Waals surface area contributed by atoms with Crippen LogP contribution in [0.5, 0.6) is 0 Å². The number of anilines is 3. The summed E-state index contributed by atoms with van der Waals surface area (Å²) in [4.78, 5) is 28.0. The Morgan fingerprint density at radius 3 is 2.32 bits per heavy atom. The van der Waals surface area contributed by atoms with Crippen molar-refractivity contribution >= 4 is 39.1 Å². The zero-order valence-electron chi connectivity index (χ0n) is 20.0. The molecule has 0 aliphatic carbocycles. The van der Waals surface area contributed by atoms with E-state index in [-0.39, 0.29) is 24.4 Å². The van der Waals surface area contributed by atoms with E-state index >= 15 is 0 Å². The molecule has 0 fully saturated rings. The number of carboxylic acid groups (broad SMARTS) is 1. The van der Waals surface area contributed by atoms with E-state index < -0.39 is 16.1 Å². The predicted molar refractivity (Wildman–Crippen MR) is 134 cm³/mol. The molecule has 4 rings (SSSR count). The van der Waals surface area contributed by atoms with Crippen LogP contribution in [0.4, 0.5) is 21.9 Å². The normalized spacial score (nSPS) is 18.0. The second-order valence-corrected chi connectivity index (χ2v) is 11.5. The fourth-order valence-electron chi connectivity index (χ4n) is 4.88. The summed E-state index contributed by atoms with van der Waals surface area (Å²) in [5.41, 5.74) is 4.23. The van der Waals surface area contributed by atoms with Gasteiger partial charge in [0.25, 0.3) is 0 Å². The van der Waals surface area contributed by atoms with Crippen molar-refractivity contribution < 1.29 is 23.1 Å². The van der Waals surface area contributed by atoms with Gasteiger partial charge in [-0.1, -0.05) is 32.0 Å². The molecule has 0 spiro atoms. The van der Waals surface area contributed by atoms with Crippen molar-refractivity contribution in [1.82, 2.24) is 0 Å². The van der Waals surface area contributed by atoms with Crippen molar-refractivity contribution in [2.75, 3.05) is 33.5 Å². The molecule has 0 saturated carbocycles. The third-order valence-corrected chi connectivity index (χ3v) is 7.57. The van der Waals surface area contributed by atoms with E-state index in [1.54, 1.807) is 17.0 Å². The van der Waals surface area contributed by atoms with E-state index in [1.165, 1.54) is 15.5 Å². The molecule has 2 amide bonds. The molecule has 1 atom stereocenters. The molecule has 9 heteroatoms. The Morgan fingerprint density at radius 1 is 1.06 bits per heavy atom. The van der Waals surface area contributed by atoms with Gasteiger partial charge in [0.15, 0.2) is 0 Å². The zero-order chi connectivity index (χ0) is 24.8. The van der Waals surface area contributed by atoms with Crippen LogP contribution in [-0.4, -0.2) is 50.9 Å². The van der Waals surface area contributed by atoms with Gasteiger partial charge in [0.05, 0.1) is 29.4 Å². The summed E-state index contributed by atoms with van der Waals surface area (Å²) in [5.74, 6) is 0.160. The van der Waals surface area contributed by atoms with Gasteiger partial charge in [-0.05, 0) is 60.6 Å². The number of fused-ring (bicyclic) bond motifs is 2. The molecule has 182 valence electrons. The van der Waals surface area contributed by atoms with E-state index in [4.69, 9.17) is 0 Å². The second-order valence-electron chi connectivity index (χ2n) is 9.59. The monoisotopic (exact) mass is 485 g/mol. The number of aryl methyl sites for hydroxylation is 1. The Balaban J connectivity index is 1.80. The first kappa shape index (κ1) is 24.1. The number of hydrogen-bond donors (Lipinski definition) is 1. The van der Waals surface area contributed by atoms with Gasteiger partial charge >= 0.3 is 6.09 Å². The molecule has 0 unspecified atom stereocenters. The highest BCUT2D eigenvalue weighted by Crippen LogP contribution is 2.41. The molecule has 2 aliphatic heterocycles. The first-order chi connectivity index (χ1) is 16.0. The molecule has 2 aromatic rings. The van der Waals surface area contributed by atoms with Gasteiger partial charge in [-0.3, -0.25) is 14.0 Å². The molecule has 2 heterocycles. The summed E-state index contributed by atoms with van der Waals surface area (Å²) in [6.45, 7) is 6.44. The van der Waals surface area contributed by atoms with Gasteiger partial charge in [0.1, 0.15) is 0 Å². The summed E-state index contributed by atoms with van der Waals surface area (Å²) in [7, 11) is -3.40. The number of rotatable bonds is 4. The van der Waals surface area contributed by atoms with Gasteiger partial charge in [-0.25, -0.2) is 13.2 Å². The number of sulfonamides is 1. The number of carbonyl (C=O) groups is 2. The molecule has 34 heavy (non-hydrogen) atoms. The van der Waals surface area contributed by atoms with Crippen LogP contribution in [0.3, 0.4) is 0 Å². The van der Waals surface area contributed by atoms with Gasteiger partial charge in [0, 0.05) is 19.5 Å². The predicted octanol–water partition coefficient (Wildman–Crippen LogP) is 4.33. The minimum absolute atomic E-state index is 0.0286. The molecule has 0 aromatic heterocycles. The highest BCUT2D eigenvalue weighted by atomic mass is 32.2. The fourth-order valence-corrected chi connectivity index (χ4v) is 5.87. The van der Waals surface area contributed by atoms with Gasteiger partial charge in [0.2, 0.25) is 15.9 Å². The number of nitrogens with zero attached hydrogens (tertiary/aromatic N) is 3. The van der Waals surface area contributed by atoms with Crippen molar-refractivity contribution in [3.63, 3.8) is 0 Å². The lowest BCUT2D eigenvalue weighted by Gasteiger charge is -2.40. The summed E-state index contributed by atoms with van der Waals surface area (Å²) >= 11 is 0. The standard InChI is InChI=1S/C25H31N3O5S/c1-16(2)12-24(29)28-17(3)15-26(25(30)31)23-14-20(9-10-21(23)28)19-8-7-18-6-5-11-27(22(18)13-19)34(4,32)33/h7-10,13-14,16-17H,5-6,11-12,15H2,1-4H3,(H,30,31)/t17-/m0/s1. The lowest BCUT2D eigenvalue weighted by atomic mass is 9.96. The Morgan fingerprint density at radius 2 is 1.71 bits per heavy atom. The van der Waals surface area contributed by atoms with Crippen LogP contribution in [0.25, 0.3) is 11.1 Å². The molecule has 2 aromatic carbocycles. The number of amides is 2. The first-order valence-electron chi connectivity index (χ1n) is 11.5. The number of hydrogen-bond acceptors (Lipinski definition) is 4. The lowest BCUT2D eigenvalue weighted by Crippen LogP contribution is -2.51. The summed E-state index contributed by atoms with van der Waals surface area (Å²) < 4.78 is 26.1. The maximum Gasteiger partial charge on any atom is 0.411 e. The topological polar surface area (TPSA) is 98.2 Å². The van der Waals surface area contributed by atoms with Crippen molar-refractivity contribution in [3.8, 4) is 11.1 Å². The van der Waals surface area contributed by atoms with Crippen molar-refractivity contribution in [3.05, 3.63) is 42.0 Å². The van der Waals surface area contributed by atoms with E-state index in [2.05, 4.69) is 0 Å². The van der Waals surface area contributed by atoms with E-state index in [1.807, 2.05) is 45.0 Å². The molecule has 0 bridgehead atoms. The maximum absolute atomic E-state index is 13.0. The maximum atomic E-state index is 13.0. The van der Waals surface area contributed by atoms with E-state index in [0.717, 1.165) is 29.5 Å². The largest absolute Gasteiger partial charge is 0.465 e. The van der Waals surface area contributed by atoms with Gasteiger partial charge in [-0.2, -0.15) is 0 Å². The quantitative estimate of drug-likeness (QED) is 0.695. The van der Waals surface area contributed by atoms with Crippen molar-refractivity contribution in [1.29, 1.82) is 0 Å². The molecule has 0 radical (unpaired) electrons. The van der Waals surface area contributed by atoms with Crippen LogP contribution in [0.15, 0.2) is 36.4 Å². The third kappa shape index (κ3) is 4.49. The zero-order valence-corrected chi connectivity index (χ0v) is 20.8. The van der Waals surface area contributed by atoms with Crippen LogP contribution in [-0.2, 0) is 21.2 Å². The highest BCUT2D eigenvalue weighted by molar-refractivity contribution is 7.92. The Hall–Kier alpha value is -3.07. The lowest BCUT2D eigenvalue weighted by molar-refractivity contribution is -0.119. The second kappa shape index (κ2) is 8.94. The van der Waals surface area contributed by atoms with Crippen LogP contribution >= 0.6 is 0 Å². The summed E-state index contributed by atoms with van der Waals surface area (Å²) in [6.07, 6.45) is 2.09. The van der Waals surface area contributed by atoms with Crippen LogP contribution in [0.2, 0.25) is 0 Å². The average molecular weight is 486 g/mol. The van der Waals surface area contributed by atoms with Gasteiger partial charge < -0.3 is 10.0 Å². The van der Waals surface area contributed by atoms with Crippen molar-refractivity contribution in [2.45, 2.75) is 46.1 Å². The van der Waals surface area contributed by atoms with Crippen molar-refractivity contribution in [2.24, 2.45) is 5.92 Å². The average Bonchev–Trinajstić information content (AvgIpc) is 2.76. The Kier molecular flexibility index (Phi) is 6.33. The van der Waals surface area contributed by atoms with Crippen LogP contribution in [0, 0.1) is 5.92 Å². The molecule has 0 saturated heterocycles. The summed E-state index contributed by atoms with van der Waals surface area (Å²) in [6, 6.07) is 10.9. The molecular formula is C25H31N3O5S. The van der Waals surface area contributed by atoms with Crippen LogP contribution in [0.1, 0.15) is 39.2 Å². The first-order valence-corrected chi connectivity index (χ1v) is 13.4. The Bertz CT molecular complexity index is 1240. The minimum Gasteiger partial charge on any atom is -0.465 e. The molecule has 1 N–H and O–H groups in total. The van der Waals surface area contributed by atoms with E-state index in [9.17, 15) is 23.1 Å². The smallest absolute Gasteiger partial charge is 0.411 e.